The summed E-state index contributed by atoms with van der Waals surface area (Å²) in [7, 11) is 0. The summed E-state index contributed by atoms with van der Waals surface area (Å²) in [5.74, 6) is 0.631. The monoisotopic (exact) mass is 313 g/mol. The second kappa shape index (κ2) is 7.98. The van der Waals surface area contributed by atoms with E-state index in [1.165, 1.54) is 6.92 Å². The van der Waals surface area contributed by atoms with E-state index in [9.17, 15) is 9.59 Å². The van der Waals surface area contributed by atoms with Gasteiger partial charge in [-0.2, -0.15) is 0 Å². The van der Waals surface area contributed by atoms with Crippen LogP contribution in [-0.4, -0.2) is 18.0 Å². The van der Waals surface area contributed by atoms with Gasteiger partial charge < -0.3 is 14.8 Å². The lowest BCUT2D eigenvalue weighted by molar-refractivity contribution is -0.152. The predicted octanol–water partition coefficient (Wildman–Crippen LogP) is 3.76. The Hall–Kier alpha value is -2.82. The van der Waals surface area contributed by atoms with E-state index >= 15 is 0 Å². The van der Waals surface area contributed by atoms with Crippen molar-refractivity contribution in [3.63, 3.8) is 0 Å². The zero-order valence-corrected chi connectivity index (χ0v) is 13.1. The molecular formula is C18H19NO4. The van der Waals surface area contributed by atoms with Crippen molar-refractivity contribution in [3.05, 3.63) is 54.6 Å². The number of hydrogen-bond donors (Lipinski definition) is 1. The van der Waals surface area contributed by atoms with Crippen molar-refractivity contribution < 1.29 is 19.1 Å². The van der Waals surface area contributed by atoms with Gasteiger partial charge in [0.2, 0.25) is 0 Å². The number of ether oxygens (including phenoxy) is 2. The van der Waals surface area contributed by atoms with Crippen LogP contribution >= 0.6 is 0 Å². The van der Waals surface area contributed by atoms with Gasteiger partial charge in [-0.3, -0.25) is 9.59 Å². The molecule has 0 aromatic heterocycles. The first-order chi connectivity index (χ1) is 11.1. The third-order valence-corrected chi connectivity index (χ3v) is 3.07. The van der Waals surface area contributed by atoms with E-state index in [4.69, 9.17) is 9.47 Å². The lowest BCUT2D eigenvalue weighted by Crippen LogP contribution is -2.29. The minimum Gasteiger partial charge on any atom is -0.457 e. The molecule has 2 rings (SSSR count). The molecule has 5 heteroatoms. The molecule has 23 heavy (non-hydrogen) atoms. The fourth-order valence-corrected chi connectivity index (χ4v) is 1.81. The Labute approximate surface area is 135 Å². The molecular weight excluding hydrogens is 294 g/mol. The molecule has 0 saturated carbocycles. The molecule has 2 aromatic rings. The van der Waals surface area contributed by atoms with Crippen LogP contribution in [0.4, 0.5) is 5.69 Å². The van der Waals surface area contributed by atoms with Crippen molar-refractivity contribution in [2.45, 2.75) is 26.4 Å². The minimum absolute atomic E-state index is 0.239. The third-order valence-electron chi connectivity index (χ3n) is 3.07. The van der Waals surface area contributed by atoms with Crippen molar-refractivity contribution >= 4 is 17.6 Å². The van der Waals surface area contributed by atoms with E-state index in [1.54, 1.807) is 31.2 Å². The SMILES string of the molecule is CCC(=O)O[C@H](C)C(=O)Nc1ccc(Oc2ccccc2)cc1. The molecule has 1 amide bonds. The van der Waals surface area contributed by atoms with Gasteiger partial charge >= 0.3 is 5.97 Å². The Morgan fingerprint density at radius 2 is 1.61 bits per heavy atom. The molecule has 2 aromatic carbocycles. The molecule has 0 bridgehead atoms. The smallest absolute Gasteiger partial charge is 0.306 e. The molecule has 0 heterocycles. The van der Waals surface area contributed by atoms with Crippen molar-refractivity contribution in [2.24, 2.45) is 0 Å². The Bertz CT molecular complexity index is 652. The number of nitrogens with one attached hydrogen (secondary N) is 1. The van der Waals surface area contributed by atoms with E-state index in [1.807, 2.05) is 30.3 Å². The minimum atomic E-state index is -0.831. The van der Waals surface area contributed by atoms with Crippen LogP contribution in [0.3, 0.4) is 0 Å². The maximum atomic E-state index is 11.9. The molecule has 0 aliphatic heterocycles. The van der Waals surface area contributed by atoms with Gasteiger partial charge in [0.1, 0.15) is 11.5 Å². The van der Waals surface area contributed by atoms with Crippen LogP contribution in [0.1, 0.15) is 20.3 Å². The van der Waals surface area contributed by atoms with Gasteiger partial charge in [-0.15, -0.1) is 0 Å². The lowest BCUT2D eigenvalue weighted by Gasteiger charge is -2.13. The first-order valence-corrected chi connectivity index (χ1v) is 7.42. The number of amides is 1. The Morgan fingerprint density at radius 1 is 1.00 bits per heavy atom. The number of anilines is 1. The Balaban J connectivity index is 1.92. The highest BCUT2D eigenvalue weighted by Crippen LogP contribution is 2.22. The van der Waals surface area contributed by atoms with Crippen LogP contribution in [-0.2, 0) is 14.3 Å². The molecule has 0 unspecified atom stereocenters. The molecule has 5 nitrogen and oxygen atoms in total. The molecule has 0 radical (unpaired) electrons. The Morgan fingerprint density at radius 3 is 2.22 bits per heavy atom. The molecule has 120 valence electrons. The number of benzene rings is 2. The van der Waals surface area contributed by atoms with Crippen LogP contribution in [0.5, 0.6) is 11.5 Å². The summed E-state index contributed by atoms with van der Waals surface area (Å²) in [5, 5.41) is 2.69. The van der Waals surface area contributed by atoms with Gasteiger partial charge in [0.15, 0.2) is 6.10 Å². The second-order valence-corrected chi connectivity index (χ2v) is 4.91. The maximum Gasteiger partial charge on any atom is 0.306 e. The number of carbonyl (C=O) groups excluding carboxylic acids is 2. The summed E-state index contributed by atoms with van der Waals surface area (Å²) in [4.78, 5) is 23.1. The first-order valence-electron chi connectivity index (χ1n) is 7.42. The highest BCUT2D eigenvalue weighted by Gasteiger charge is 2.16. The average molecular weight is 313 g/mol. The topological polar surface area (TPSA) is 64.6 Å². The van der Waals surface area contributed by atoms with Gasteiger partial charge in [0.25, 0.3) is 5.91 Å². The number of esters is 1. The molecule has 1 N–H and O–H groups in total. The van der Waals surface area contributed by atoms with Gasteiger partial charge in [-0.05, 0) is 43.3 Å². The van der Waals surface area contributed by atoms with Gasteiger partial charge in [-0.1, -0.05) is 25.1 Å². The van der Waals surface area contributed by atoms with E-state index in [-0.39, 0.29) is 12.3 Å². The third kappa shape index (κ3) is 5.14. The molecule has 0 aliphatic carbocycles. The van der Waals surface area contributed by atoms with Crippen molar-refractivity contribution in [3.8, 4) is 11.5 Å². The van der Waals surface area contributed by atoms with E-state index in [0.717, 1.165) is 5.75 Å². The summed E-state index contributed by atoms with van der Waals surface area (Å²) in [5.41, 5.74) is 0.606. The van der Waals surface area contributed by atoms with Crippen LogP contribution in [0.2, 0.25) is 0 Å². The van der Waals surface area contributed by atoms with E-state index < -0.39 is 12.1 Å². The average Bonchev–Trinajstić information content (AvgIpc) is 2.57. The van der Waals surface area contributed by atoms with Crippen LogP contribution in [0.25, 0.3) is 0 Å². The fraction of sp³-hybridized carbons (Fsp3) is 0.222. The second-order valence-electron chi connectivity index (χ2n) is 4.91. The van der Waals surface area contributed by atoms with Crippen molar-refractivity contribution in [1.82, 2.24) is 0 Å². The summed E-state index contributed by atoms with van der Waals surface area (Å²) in [6.07, 6.45) is -0.592. The summed E-state index contributed by atoms with van der Waals surface area (Å²) >= 11 is 0. The molecule has 0 saturated heterocycles. The van der Waals surface area contributed by atoms with Gasteiger partial charge in [-0.25, -0.2) is 0 Å². The van der Waals surface area contributed by atoms with Crippen molar-refractivity contribution in [1.29, 1.82) is 0 Å². The zero-order chi connectivity index (χ0) is 16.7. The molecule has 0 fully saturated rings. The maximum absolute atomic E-state index is 11.9. The zero-order valence-electron chi connectivity index (χ0n) is 13.1. The summed E-state index contributed by atoms with van der Waals surface area (Å²) < 4.78 is 10.6. The van der Waals surface area contributed by atoms with E-state index in [0.29, 0.717) is 11.4 Å². The number of rotatable bonds is 6. The molecule has 0 spiro atoms. The van der Waals surface area contributed by atoms with Crippen LogP contribution in [0, 0.1) is 0 Å². The van der Waals surface area contributed by atoms with Crippen molar-refractivity contribution in [2.75, 3.05) is 5.32 Å². The highest BCUT2D eigenvalue weighted by molar-refractivity contribution is 5.95. The number of carbonyl (C=O) groups is 2. The first kappa shape index (κ1) is 16.5. The normalized spacial score (nSPS) is 11.4. The largest absolute Gasteiger partial charge is 0.457 e. The van der Waals surface area contributed by atoms with Gasteiger partial charge in [0, 0.05) is 12.1 Å². The van der Waals surface area contributed by atoms with Gasteiger partial charge in [0.05, 0.1) is 0 Å². The quantitative estimate of drug-likeness (QED) is 0.825. The fourth-order valence-electron chi connectivity index (χ4n) is 1.81. The molecule has 1 atom stereocenters. The Kier molecular flexibility index (Phi) is 5.74. The van der Waals surface area contributed by atoms with Crippen LogP contribution in [0.15, 0.2) is 54.6 Å². The number of para-hydroxylation sites is 1. The van der Waals surface area contributed by atoms with Crippen LogP contribution < -0.4 is 10.1 Å². The highest BCUT2D eigenvalue weighted by atomic mass is 16.5. The standard InChI is InChI=1S/C18H19NO4/c1-3-17(20)22-13(2)18(21)19-14-9-11-16(12-10-14)23-15-7-5-4-6-8-15/h4-13H,3H2,1-2H3,(H,19,21)/t13-/m1/s1. The van der Waals surface area contributed by atoms with E-state index in [2.05, 4.69) is 5.32 Å². The lowest BCUT2D eigenvalue weighted by atomic mass is 10.2. The molecule has 0 aliphatic rings. The predicted molar refractivity (Wildman–Crippen MR) is 87.4 cm³/mol. The number of hydrogen-bond acceptors (Lipinski definition) is 4. The summed E-state index contributed by atoms with van der Waals surface area (Å²) in [6, 6.07) is 16.4. The summed E-state index contributed by atoms with van der Waals surface area (Å²) in [6.45, 7) is 3.22.